The lowest BCUT2D eigenvalue weighted by atomic mass is 10.2. The van der Waals surface area contributed by atoms with E-state index in [0.29, 0.717) is 5.92 Å². The molecule has 1 rings (SSSR count). The Bertz CT molecular complexity index is 567. The molecule has 6 nitrogen and oxygen atoms in total. The van der Waals surface area contributed by atoms with Crippen LogP contribution in [0, 0.1) is 5.92 Å². The highest BCUT2D eigenvalue weighted by Crippen LogP contribution is 2.16. The molecule has 0 amide bonds. The second kappa shape index (κ2) is 13.6. The maximum atomic E-state index is 4.40. The van der Waals surface area contributed by atoms with Crippen molar-refractivity contribution in [3.8, 4) is 0 Å². The SMILES string of the molecule is C=CCCCCCN(C)C(=NC)NCCCc1nnc(SC)n1CC(C)C. The summed E-state index contributed by atoms with van der Waals surface area (Å²) < 4.78 is 2.26. The Hall–Kier alpha value is -1.50. The van der Waals surface area contributed by atoms with Crippen molar-refractivity contribution >= 4 is 17.7 Å². The molecule has 0 saturated heterocycles. The average molecular weight is 395 g/mol. The summed E-state index contributed by atoms with van der Waals surface area (Å²) in [6.45, 7) is 11.1. The van der Waals surface area contributed by atoms with Gasteiger partial charge in [0.25, 0.3) is 0 Å². The zero-order valence-electron chi connectivity index (χ0n) is 17.9. The number of allylic oxidation sites excluding steroid dienone is 1. The molecule has 154 valence electrons. The van der Waals surface area contributed by atoms with Gasteiger partial charge < -0.3 is 14.8 Å². The van der Waals surface area contributed by atoms with Crippen LogP contribution in [-0.2, 0) is 13.0 Å². The third kappa shape index (κ3) is 8.82. The van der Waals surface area contributed by atoms with Gasteiger partial charge in [-0.05, 0) is 37.9 Å². The van der Waals surface area contributed by atoms with Crippen molar-refractivity contribution in [2.75, 3.05) is 33.4 Å². The second-order valence-electron chi connectivity index (χ2n) is 7.24. The monoisotopic (exact) mass is 394 g/mol. The largest absolute Gasteiger partial charge is 0.356 e. The first-order valence-corrected chi connectivity index (χ1v) is 11.2. The Morgan fingerprint density at radius 1 is 1.30 bits per heavy atom. The van der Waals surface area contributed by atoms with Crippen molar-refractivity contribution in [2.24, 2.45) is 10.9 Å². The minimum atomic E-state index is 0.586. The summed E-state index contributed by atoms with van der Waals surface area (Å²) in [6.07, 6.45) is 10.7. The van der Waals surface area contributed by atoms with Gasteiger partial charge in [-0.15, -0.1) is 16.8 Å². The standard InChI is InChI=1S/C20H38N6S/c1-7-8-9-10-11-15-25(5)19(21-4)22-14-12-13-18-23-24-20(27-6)26(18)16-17(2)3/h7,17H,1,8-16H2,2-6H3,(H,21,22). The van der Waals surface area contributed by atoms with Gasteiger partial charge in [0.2, 0.25) is 0 Å². The molecule has 0 aliphatic rings. The number of aryl methyl sites for hydroxylation is 1. The predicted octanol–water partition coefficient (Wildman–Crippen LogP) is 3.84. The Morgan fingerprint density at radius 3 is 2.70 bits per heavy atom. The van der Waals surface area contributed by atoms with Crippen LogP contribution in [0.1, 0.15) is 51.8 Å². The van der Waals surface area contributed by atoms with Gasteiger partial charge in [-0.1, -0.05) is 38.1 Å². The first kappa shape index (κ1) is 23.5. The Morgan fingerprint density at radius 2 is 2.07 bits per heavy atom. The molecule has 0 saturated carbocycles. The van der Waals surface area contributed by atoms with Gasteiger partial charge in [0.05, 0.1) is 0 Å². The van der Waals surface area contributed by atoms with E-state index in [1.807, 2.05) is 13.1 Å². The topological polar surface area (TPSA) is 58.3 Å². The van der Waals surface area contributed by atoms with Crippen LogP contribution in [0.4, 0.5) is 0 Å². The van der Waals surface area contributed by atoms with Crippen molar-refractivity contribution in [2.45, 2.75) is 64.1 Å². The lowest BCUT2D eigenvalue weighted by molar-refractivity contribution is 0.453. The molecule has 0 radical (unpaired) electrons. The number of guanidine groups is 1. The van der Waals surface area contributed by atoms with E-state index in [1.54, 1.807) is 11.8 Å². The molecule has 0 aliphatic carbocycles. The smallest absolute Gasteiger partial charge is 0.193 e. The van der Waals surface area contributed by atoms with Gasteiger partial charge in [-0.3, -0.25) is 4.99 Å². The number of nitrogens with one attached hydrogen (secondary N) is 1. The zero-order valence-corrected chi connectivity index (χ0v) is 18.7. The average Bonchev–Trinajstić information content (AvgIpc) is 3.02. The van der Waals surface area contributed by atoms with Gasteiger partial charge in [-0.25, -0.2) is 0 Å². The fraction of sp³-hybridized carbons (Fsp3) is 0.750. The van der Waals surface area contributed by atoms with E-state index in [0.717, 1.165) is 55.8 Å². The Kier molecular flexibility index (Phi) is 11.9. The first-order chi connectivity index (χ1) is 13.0. The first-order valence-electron chi connectivity index (χ1n) is 10.0. The molecule has 0 spiro atoms. The molecule has 0 aromatic carbocycles. The molecular formula is C20H38N6S. The van der Waals surface area contributed by atoms with Crippen molar-refractivity contribution in [1.29, 1.82) is 0 Å². The number of thioether (sulfide) groups is 1. The summed E-state index contributed by atoms with van der Waals surface area (Å²) in [5, 5.41) is 13.2. The minimum Gasteiger partial charge on any atom is -0.356 e. The van der Waals surface area contributed by atoms with E-state index in [9.17, 15) is 0 Å². The van der Waals surface area contributed by atoms with Gasteiger partial charge >= 0.3 is 0 Å². The number of aliphatic imine (C=N–C) groups is 1. The van der Waals surface area contributed by atoms with Gasteiger partial charge in [0.1, 0.15) is 5.82 Å². The quantitative estimate of drug-likeness (QED) is 0.181. The van der Waals surface area contributed by atoms with E-state index >= 15 is 0 Å². The number of unbranched alkanes of at least 4 members (excludes halogenated alkanes) is 3. The van der Waals surface area contributed by atoms with Crippen LogP contribution in [0.3, 0.4) is 0 Å². The third-order valence-electron chi connectivity index (χ3n) is 4.36. The summed E-state index contributed by atoms with van der Waals surface area (Å²) in [6, 6.07) is 0. The maximum absolute atomic E-state index is 4.40. The lowest BCUT2D eigenvalue weighted by Crippen LogP contribution is -2.39. The zero-order chi connectivity index (χ0) is 20.1. The van der Waals surface area contributed by atoms with Crippen molar-refractivity contribution in [3.05, 3.63) is 18.5 Å². The fourth-order valence-corrected chi connectivity index (χ4v) is 3.48. The van der Waals surface area contributed by atoms with Gasteiger partial charge in [0.15, 0.2) is 11.1 Å². The Balaban J connectivity index is 2.39. The van der Waals surface area contributed by atoms with Crippen molar-refractivity contribution in [3.63, 3.8) is 0 Å². The molecule has 1 N–H and O–H groups in total. The van der Waals surface area contributed by atoms with E-state index in [4.69, 9.17) is 0 Å². The molecule has 7 heteroatoms. The summed E-state index contributed by atoms with van der Waals surface area (Å²) >= 11 is 1.66. The minimum absolute atomic E-state index is 0.586. The number of nitrogens with zero attached hydrogens (tertiary/aromatic N) is 5. The molecule has 1 heterocycles. The molecule has 1 aromatic heterocycles. The van der Waals surface area contributed by atoms with E-state index in [-0.39, 0.29) is 0 Å². The number of hydrogen-bond donors (Lipinski definition) is 1. The summed E-state index contributed by atoms with van der Waals surface area (Å²) in [7, 11) is 3.95. The molecule has 27 heavy (non-hydrogen) atoms. The Labute approximate surface area is 169 Å². The van der Waals surface area contributed by atoms with Crippen LogP contribution in [0.15, 0.2) is 22.8 Å². The molecule has 1 aromatic rings. The van der Waals surface area contributed by atoms with Crippen molar-refractivity contribution in [1.82, 2.24) is 25.0 Å². The van der Waals surface area contributed by atoms with Crippen molar-refractivity contribution < 1.29 is 0 Å². The molecular weight excluding hydrogens is 356 g/mol. The van der Waals surface area contributed by atoms with Crippen LogP contribution in [-0.4, -0.2) is 59.1 Å². The predicted molar refractivity (Wildman–Crippen MR) is 118 cm³/mol. The van der Waals surface area contributed by atoms with Crippen LogP contribution in [0.25, 0.3) is 0 Å². The number of rotatable bonds is 13. The summed E-state index contributed by atoms with van der Waals surface area (Å²) in [4.78, 5) is 6.61. The van der Waals surface area contributed by atoms with E-state index < -0.39 is 0 Å². The third-order valence-corrected chi connectivity index (χ3v) is 5.03. The molecule has 0 bridgehead atoms. The maximum Gasteiger partial charge on any atom is 0.193 e. The lowest BCUT2D eigenvalue weighted by Gasteiger charge is -2.22. The van der Waals surface area contributed by atoms with Crippen LogP contribution in [0.5, 0.6) is 0 Å². The normalized spacial score (nSPS) is 11.9. The second-order valence-corrected chi connectivity index (χ2v) is 8.02. The fourth-order valence-electron chi connectivity index (χ4n) is 2.96. The highest BCUT2D eigenvalue weighted by Gasteiger charge is 2.12. The number of aromatic nitrogens is 3. The number of hydrogen-bond acceptors (Lipinski definition) is 4. The van der Waals surface area contributed by atoms with E-state index in [2.05, 4.69) is 63.7 Å². The molecule has 0 unspecified atom stereocenters. The molecule has 0 fully saturated rings. The van der Waals surface area contributed by atoms with Crippen LogP contribution >= 0.6 is 11.8 Å². The van der Waals surface area contributed by atoms with Crippen LogP contribution < -0.4 is 5.32 Å². The highest BCUT2D eigenvalue weighted by atomic mass is 32.2. The molecule has 0 aliphatic heterocycles. The molecule has 0 atom stereocenters. The van der Waals surface area contributed by atoms with Gasteiger partial charge in [0, 0.05) is 40.2 Å². The van der Waals surface area contributed by atoms with E-state index in [1.165, 1.54) is 19.3 Å². The summed E-state index contributed by atoms with van der Waals surface area (Å²) in [5.74, 6) is 2.63. The highest BCUT2D eigenvalue weighted by molar-refractivity contribution is 7.98. The van der Waals surface area contributed by atoms with Crippen LogP contribution in [0.2, 0.25) is 0 Å². The van der Waals surface area contributed by atoms with Gasteiger partial charge in [-0.2, -0.15) is 0 Å². The summed E-state index contributed by atoms with van der Waals surface area (Å²) in [5.41, 5.74) is 0.